The van der Waals surface area contributed by atoms with E-state index in [2.05, 4.69) is 0 Å². The lowest BCUT2D eigenvalue weighted by Gasteiger charge is -2.25. The van der Waals surface area contributed by atoms with E-state index in [9.17, 15) is 19.5 Å². The van der Waals surface area contributed by atoms with Crippen LogP contribution in [0.5, 0.6) is 0 Å². The van der Waals surface area contributed by atoms with Crippen LogP contribution in [-0.4, -0.2) is 46.7 Å². The molecule has 164 valence electrons. The van der Waals surface area contributed by atoms with E-state index in [1.165, 1.54) is 4.90 Å². The maximum atomic E-state index is 13.2. The number of aryl methyl sites for hydroxylation is 1. The number of aromatic nitrogens is 1. The molecule has 0 aliphatic carbocycles. The molecule has 2 heterocycles. The van der Waals surface area contributed by atoms with Gasteiger partial charge in [-0.3, -0.25) is 9.59 Å². The zero-order valence-corrected chi connectivity index (χ0v) is 18.1. The second-order valence-electron chi connectivity index (χ2n) is 7.78. The van der Waals surface area contributed by atoms with Crippen LogP contribution in [0.3, 0.4) is 0 Å². The van der Waals surface area contributed by atoms with Crippen LogP contribution < -0.4 is 10.5 Å². The van der Waals surface area contributed by atoms with Gasteiger partial charge in [0, 0.05) is 49.4 Å². The van der Waals surface area contributed by atoms with Crippen molar-refractivity contribution in [2.75, 3.05) is 25.0 Å². The molecule has 0 bridgehead atoms. The van der Waals surface area contributed by atoms with Crippen LogP contribution in [0.1, 0.15) is 29.3 Å². The van der Waals surface area contributed by atoms with Gasteiger partial charge < -0.3 is 19.5 Å². The fraction of sp³-hybridized carbons (Fsp3) is 0.240. The number of anilines is 1. The molecule has 0 saturated heterocycles. The van der Waals surface area contributed by atoms with Crippen molar-refractivity contribution in [3.8, 4) is 0 Å². The fourth-order valence-corrected chi connectivity index (χ4v) is 4.16. The van der Waals surface area contributed by atoms with Crippen molar-refractivity contribution in [2.45, 2.75) is 19.9 Å². The molecule has 0 radical (unpaired) electrons. The van der Waals surface area contributed by atoms with Gasteiger partial charge >= 0.3 is 6.09 Å². The Kier molecular flexibility index (Phi) is 5.81. The molecule has 1 aliphatic rings. The Hall–Kier alpha value is -3.87. The lowest BCUT2D eigenvalue weighted by Crippen LogP contribution is -2.33. The van der Waals surface area contributed by atoms with E-state index in [1.54, 1.807) is 28.6 Å². The molecular weight excluding hydrogens is 406 g/mol. The molecule has 7 heteroatoms. The first-order valence-electron chi connectivity index (χ1n) is 10.6. The fourth-order valence-electron chi connectivity index (χ4n) is 4.16. The van der Waals surface area contributed by atoms with Gasteiger partial charge in [-0.25, -0.2) is 4.79 Å². The molecule has 1 aromatic heterocycles. The van der Waals surface area contributed by atoms with Gasteiger partial charge in [0.15, 0.2) is 0 Å². The number of hydrogen-bond acceptors (Lipinski definition) is 3. The number of carboxylic acid groups (broad SMARTS) is 1. The van der Waals surface area contributed by atoms with Gasteiger partial charge in [0.1, 0.15) is 0 Å². The standard InChI is InChI=1S/C25H25N3O4/c1-3-28-22-10-9-18(24(30)26(2)19-7-5-4-6-8-19)15-21(22)20(16-23(28)29)17-11-13-27(14-12-17)25(31)32/h4-11,15-16H,3,12-14H2,1-2H3,(H,31,32). The monoisotopic (exact) mass is 431 g/mol. The first kappa shape index (κ1) is 21.4. The van der Waals surface area contributed by atoms with Crippen LogP contribution >= 0.6 is 0 Å². The number of fused-ring (bicyclic) bond motifs is 1. The summed E-state index contributed by atoms with van der Waals surface area (Å²) in [5.41, 5.74) is 3.65. The van der Waals surface area contributed by atoms with E-state index in [-0.39, 0.29) is 18.0 Å². The summed E-state index contributed by atoms with van der Waals surface area (Å²) in [6.07, 6.45) is 1.41. The number of para-hydroxylation sites is 1. The summed E-state index contributed by atoms with van der Waals surface area (Å²) in [6, 6.07) is 16.4. The zero-order chi connectivity index (χ0) is 22.8. The van der Waals surface area contributed by atoms with Crippen molar-refractivity contribution in [2.24, 2.45) is 0 Å². The molecule has 2 amide bonds. The number of benzene rings is 2. The quantitative estimate of drug-likeness (QED) is 0.675. The minimum atomic E-state index is -0.955. The molecule has 32 heavy (non-hydrogen) atoms. The molecule has 0 spiro atoms. The summed E-state index contributed by atoms with van der Waals surface area (Å²) in [5, 5.41) is 10.0. The minimum absolute atomic E-state index is 0.114. The molecular formula is C25H25N3O4. The second kappa shape index (κ2) is 8.70. The van der Waals surface area contributed by atoms with Crippen molar-refractivity contribution in [3.05, 3.63) is 82.2 Å². The maximum Gasteiger partial charge on any atom is 0.407 e. The Morgan fingerprint density at radius 2 is 1.84 bits per heavy atom. The predicted molar refractivity (Wildman–Crippen MR) is 125 cm³/mol. The summed E-state index contributed by atoms with van der Waals surface area (Å²) >= 11 is 0. The Labute approximate surface area is 185 Å². The van der Waals surface area contributed by atoms with Crippen LogP contribution in [0.25, 0.3) is 16.5 Å². The number of rotatable bonds is 4. The highest BCUT2D eigenvalue weighted by Gasteiger charge is 2.21. The van der Waals surface area contributed by atoms with Crippen LogP contribution in [0.4, 0.5) is 10.5 Å². The van der Waals surface area contributed by atoms with Crippen molar-refractivity contribution < 1.29 is 14.7 Å². The van der Waals surface area contributed by atoms with Gasteiger partial charge in [0.25, 0.3) is 11.5 Å². The van der Waals surface area contributed by atoms with Crippen molar-refractivity contribution >= 4 is 34.2 Å². The molecule has 7 nitrogen and oxygen atoms in total. The van der Waals surface area contributed by atoms with Crippen molar-refractivity contribution in [1.29, 1.82) is 0 Å². The highest BCUT2D eigenvalue weighted by Crippen LogP contribution is 2.29. The number of carbonyl (C=O) groups is 2. The van der Waals surface area contributed by atoms with E-state index in [4.69, 9.17) is 0 Å². The summed E-state index contributed by atoms with van der Waals surface area (Å²) in [4.78, 5) is 40.1. The van der Waals surface area contributed by atoms with Crippen LogP contribution in [0, 0.1) is 0 Å². The third-order valence-corrected chi connectivity index (χ3v) is 5.95. The van der Waals surface area contributed by atoms with Crippen LogP contribution in [0.2, 0.25) is 0 Å². The van der Waals surface area contributed by atoms with E-state index < -0.39 is 6.09 Å². The van der Waals surface area contributed by atoms with Gasteiger partial charge in [0.2, 0.25) is 0 Å². The SMILES string of the molecule is CCn1c(=O)cc(C2=CCN(C(=O)O)CC2)c2cc(C(=O)N(C)c3ccccc3)ccc21. The lowest BCUT2D eigenvalue weighted by molar-refractivity contribution is 0.0993. The Bertz CT molecular complexity index is 1280. The van der Waals surface area contributed by atoms with Gasteiger partial charge in [0.05, 0.1) is 5.52 Å². The molecule has 1 N–H and O–H groups in total. The number of nitrogens with zero attached hydrogens (tertiary/aromatic N) is 3. The van der Waals surface area contributed by atoms with E-state index in [0.717, 1.165) is 27.7 Å². The predicted octanol–water partition coefficient (Wildman–Crippen LogP) is 4.07. The van der Waals surface area contributed by atoms with Crippen LogP contribution in [0.15, 0.2) is 65.5 Å². The lowest BCUT2D eigenvalue weighted by atomic mass is 9.95. The molecule has 1 aliphatic heterocycles. The van der Waals surface area contributed by atoms with Gasteiger partial charge in [-0.2, -0.15) is 0 Å². The molecule has 0 unspecified atom stereocenters. The number of amides is 2. The zero-order valence-electron chi connectivity index (χ0n) is 18.1. The highest BCUT2D eigenvalue weighted by atomic mass is 16.4. The molecule has 2 aromatic carbocycles. The Morgan fingerprint density at radius 3 is 2.47 bits per heavy atom. The summed E-state index contributed by atoms with van der Waals surface area (Å²) in [5.74, 6) is -0.145. The molecule has 0 atom stereocenters. The van der Waals surface area contributed by atoms with Crippen molar-refractivity contribution in [1.82, 2.24) is 9.47 Å². The van der Waals surface area contributed by atoms with Gasteiger partial charge in [-0.15, -0.1) is 0 Å². The summed E-state index contributed by atoms with van der Waals surface area (Å²) < 4.78 is 1.68. The molecule has 0 saturated carbocycles. The maximum absolute atomic E-state index is 13.2. The molecule has 3 aromatic rings. The van der Waals surface area contributed by atoms with Crippen LogP contribution in [-0.2, 0) is 6.54 Å². The smallest absolute Gasteiger partial charge is 0.407 e. The summed E-state index contributed by atoms with van der Waals surface area (Å²) in [6.45, 7) is 3.07. The molecule has 4 rings (SSSR count). The second-order valence-corrected chi connectivity index (χ2v) is 7.78. The Morgan fingerprint density at radius 1 is 1.09 bits per heavy atom. The first-order valence-corrected chi connectivity index (χ1v) is 10.6. The van der Waals surface area contributed by atoms with Gasteiger partial charge in [-0.1, -0.05) is 24.3 Å². The average Bonchev–Trinajstić information content (AvgIpc) is 2.83. The van der Waals surface area contributed by atoms with Crippen molar-refractivity contribution in [3.63, 3.8) is 0 Å². The van der Waals surface area contributed by atoms with E-state index >= 15 is 0 Å². The van der Waals surface area contributed by atoms with E-state index in [1.807, 2.05) is 55.5 Å². The first-order chi connectivity index (χ1) is 15.4. The normalized spacial score (nSPS) is 13.7. The Balaban J connectivity index is 1.81. The summed E-state index contributed by atoms with van der Waals surface area (Å²) in [7, 11) is 1.74. The third-order valence-electron chi connectivity index (χ3n) is 5.95. The minimum Gasteiger partial charge on any atom is -0.465 e. The largest absolute Gasteiger partial charge is 0.465 e. The number of pyridine rings is 1. The number of carbonyl (C=O) groups excluding carboxylic acids is 1. The average molecular weight is 431 g/mol. The van der Waals surface area contributed by atoms with E-state index in [0.29, 0.717) is 25.1 Å². The van der Waals surface area contributed by atoms with Gasteiger partial charge in [-0.05, 0) is 54.8 Å². The third kappa shape index (κ3) is 3.89. The number of hydrogen-bond donors (Lipinski definition) is 1. The highest BCUT2D eigenvalue weighted by molar-refractivity contribution is 6.08. The molecule has 0 fully saturated rings. The topological polar surface area (TPSA) is 82.9 Å².